The molecule has 4 aromatic heterocycles. The molecule has 1 aliphatic rings. The standard InChI is InChI=1S/C23H24N8O3/c1-14(15-12-25-31(3)13-15)26-22-24-9-7-18(28-22)16-5-4-6-17(27-16)19-11-20(34-29-19)23(33)8-10-30(2)21(23)32/h4-7,9,11-14,33H,8,10H2,1-3H3,(H,24,26,28)/t14-,23?/m0/s1. The summed E-state index contributed by atoms with van der Waals surface area (Å²) in [4.78, 5) is 27.4. The number of anilines is 1. The summed E-state index contributed by atoms with van der Waals surface area (Å²) in [5.74, 6) is 0.177. The third-order valence-corrected chi connectivity index (χ3v) is 5.93. The SMILES string of the molecule is C[C@H](Nc1nccc(-c2cccc(-c3cc(C4(O)CCN(C)C4=O)on3)n2)n1)c1cnn(C)c1. The van der Waals surface area contributed by atoms with E-state index in [1.165, 1.54) is 4.90 Å². The summed E-state index contributed by atoms with van der Waals surface area (Å²) in [6, 6.07) is 8.76. The van der Waals surface area contributed by atoms with Gasteiger partial charge in [-0.2, -0.15) is 5.10 Å². The first-order valence-corrected chi connectivity index (χ1v) is 10.8. The highest BCUT2D eigenvalue weighted by atomic mass is 16.5. The second-order valence-corrected chi connectivity index (χ2v) is 8.40. The van der Waals surface area contributed by atoms with E-state index in [9.17, 15) is 9.90 Å². The van der Waals surface area contributed by atoms with E-state index in [4.69, 9.17) is 4.52 Å². The summed E-state index contributed by atoms with van der Waals surface area (Å²) in [5, 5.41) is 22.3. The number of aryl methyl sites for hydroxylation is 1. The highest BCUT2D eigenvalue weighted by molar-refractivity contribution is 5.87. The first kappa shape index (κ1) is 21.7. The number of amides is 1. The van der Waals surface area contributed by atoms with E-state index in [1.807, 2.05) is 32.3 Å². The van der Waals surface area contributed by atoms with Crippen molar-refractivity contribution in [1.82, 2.24) is 34.8 Å². The number of likely N-dealkylation sites (tertiary alicyclic amines) is 1. The van der Waals surface area contributed by atoms with E-state index in [2.05, 4.69) is 30.5 Å². The summed E-state index contributed by atoms with van der Waals surface area (Å²) in [7, 11) is 3.51. The van der Waals surface area contributed by atoms with Gasteiger partial charge in [-0.3, -0.25) is 9.48 Å². The van der Waals surface area contributed by atoms with Crippen molar-refractivity contribution in [2.75, 3.05) is 18.9 Å². The molecule has 2 atom stereocenters. The van der Waals surface area contributed by atoms with Crippen LogP contribution in [0.25, 0.3) is 22.8 Å². The Balaban J connectivity index is 1.38. The second kappa shape index (κ2) is 8.34. The monoisotopic (exact) mass is 460 g/mol. The molecule has 1 fully saturated rings. The van der Waals surface area contributed by atoms with E-state index in [0.717, 1.165) is 5.56 Å². The Labute approximate surface area is 195 Å². The van der Waals surface area contributed by atoms with Crippen molar-refractivity contribution in [2.24, 2.45) is 7.05 Å². The number of hydrogen-bond donors (Lipinski definition) is 2. The topological polar surface area (TPSA) is 135 Å². The summed E-state index contributed by atoms with van der Waals surface area (Å²) in [6.07, 6.45) is 5.65. The molecule has 0 aromatic carbocycles. The normalized spacial score (nSPS) is 18.9. The average molecular weight is 460 g/mol. The zero-order chi connectivity index (χ0) is 23.9. The highest BCUT2D eigenvalue weighted by Crippen LogP contribution is 2.34. The van der Waals surface area contributed by atoms with Crippen LogP contribution in [0, 0.1) is 0 Å². The van der Waals surface area contributed by atoms with Crippen LogP contribution in [0.4, 0.5) is 5.95 Å². The Hall–Kier alpha value is -4.12. The van der Waals surface area contributed by atoms with Gasteiger partial charge in [-0.25, -0.2) is 15.0 Å². The number of likely N-dealkylation sites (N-methyl/N-ethyl adjacent to an activating group) is 1. The number of pyridine rings is 1. The first-order valence-electron chi connectivity index (χ1n) is 10.8. The zero-order valence-electron chi connectivity index (χ0n) is 19.0. The molecule has 34 heavy (non-hydrogen) atoms. The lowest BCUT2D eigenvalue weighted by Crippen LogP contribution is -2.35. The third kappa shape index (κ3) is 3.90. The minimum absolute atomic E-state index is 0.0278. The summed E-state index contributed by atoms with van der Waals surface area (Å²) in [5.41, 5.74) is 1.53. The van der Waals surface area contributed by atoms with Gasteiger partial charge in [0.15, 0.2) is 5.76 Å². The van der Waals surface area contributed by atoms with Gasteiger partial charge in [0.1, 0.15) is 5.69 Å². The molecule has 0 radical (unpaired) electrons. The first-order chi connectivity index (χ1) is 16.3. The van der Waals surface area contributed by atoms with Crippen LogP contribution >= 0.6 is 0 Å². The molecule has 5 rings (SSSR count). The lowest BCUT2D eigenvalue weighted by atomic mass is 9.98. The number of hydrogen-bond acceptors (Lipinski definition) is 9. The van der Waals surface area contributed by atoms with Crippen molar-refractivity contribution in [3.8, 4) is 22.8 Å². The van der Waals surface area contributed by atoms with E-state index in [1.54, 1.807) is 42.3 Å². The van der Waals surface area contributed by atoms with E-state index in [-0.39, 0.29) is 18.2 Å². The third-order valence-electron chi connectivity index (χ3n) is 5.93. The summed E-state index contributed by atoms with van der Waals surface area (Å²) < 4.78 is 7.09. The van der Waals surface area contributed by atoms with Gasteiger partial charge in [-0.1, -0.05) is 11.2 Å². The molecule has 174 valence electrons. The van der Waals surface area contributed by atoms with Crippen LogP contribution in [0.5, 0.6) is 0 Å². The van der Waals surface area contributed by atoms with Crippen molar-refractivity contribution < 1.29 is 14.4 Å². The van der Waals surface area contributed by atoms with Crippen LogP contribution in [0.1, 0.15) is 30.7 Å². The molecule has 5 heterocycles. The fraction of sp³-hybridized carbons (Fsp3) is 0.304. The minimum Gasteiger partial charge on any atom is -0.373 e. The van der Waals surface area contributed by atoms with Crippen LogP contribution in [0.3, 0.4) is 0 Å². The smallest absolute Gasteiger partial charge is 0.262 e. The van der Waals surface area contributed by atoms with Crippen LogP contribution in [0.15, 0.2) is 53.4 Å². The number of aliphatic hydroxyl groups is 1. The fourth-order valence-corrected chi connectivity index (χ4v) is 3.90. The molecule has 1 unspecified atom stereocenters. The zero-order valence-corrected chi connectivity index (χ0v) is 19.0. The highest BCUT2D eigenvalue weighted by Gasteiger charge is 2.48. The lowest BCUT2D eigenvalue weighted by molar-refractivity contribution is -0.144. The number of rotatable bonds is 6. The molecule has 0 bridgehead atoms. The minimum atomic E-state index is -1.70. The van der Waals surface area contributed by atoms with E-state index in [0.29, 0.717) is 35.3 Å². The van der Waals surface area contributed by atoms with Gasteiger partial charge in [0.25, 0.3) is 5.91 Å². The van der Waals surface area contributed by atoms with Crippen LogP contribution in [-0.2, 0) is 17.4 Å². The van der Waals surface area contributed by atoms with Crippen molar-refractivity contribution in [1.29, 1.82) is 0 Å². The Morgan fingerprint density at radius 3 is 2.62 bits per heavy atom. The molecule has 0 spiro atoms. The van der Waals surface area contributed by atoms with Gasteiger partial charge >= 0.3 is 0 Å². The van der Waals surface area contributed by atoms with Crippen LogP contribution in [0.2, 0.25) is 0 Å². The number of carbonyl (C=O) groups is 1. The Morgan fingerprint density at radius 2 is 1.91 bits per heavy atom. The molecule has 0 aliphatic carbocycles. The van der Waals surface area contributed by atoms with Gasteiger partial charge in [-0.05, 0) is 25.1 Å². The van der Waals surface area contributed by atoms with Gasteiger partial charge in [0.2, 0.25) is 11.5 Å². The molecule has 0 saturated carbocycles. The quantitative estimate of drug-likeness (QED) is 0.444. The Bertz CT molecular complexity index is 1350. The largest absolute Gasteiger partial charge is 0.373 e. The molecule has 1 amide bonds. The fourth-order valence-electron chi connectivity index (χ4n) is 3.90. The van der Waals surface area contributed by atoms with Gasteiger partial charge < -0.3 is 19.8 Å². The maximum absolute atomic E-state index is 12.4. The van der Waals surface area contributed by atoms with Gasteiger partial charge in [-0.15, -0.1) is 0 Å². The molecular weight excluding hydrogens is 436 g/mol. The molecular formula is C23H24N8O3. The summed E-state index contributed by atoms with van der Waals surface area (Å²) in [6.45, 7) is 2.46. The number of nitrogens with zero attached hydrogens (tertiary/aromatic N) is 7. The maximum atomic E-state index is 12.4. The Kier molecular flexibility index (Phi) is 5.33. The van der Waals surface area contributed by atoms with Crippen LogP contribution < -0.4 is 5.32 Å². The predicted octanol–water partition coefficient (Wildman–Crippen LogP) is 2.15. The number of aromatic nitrogens is 6. The van der Waals surface area contributed by atoms with Crippen molar-refractivity contribution in [3.63, 3.8) is 0 Å². The maximum Gasteiger partial charge on any atom is 0.262 e. The van der Waals surface area contributed by atoms with Crippen molar-refractivity contribution >= 4 is 11.9 Å². The lowest BCUT2D eigenvalue weighted by Gasteiger charge is -2.16. The van der Waals surface area contributed by atoms with E-state index >= 15 is 0 Å². The van der Waals surface area contributed by atoms with Gasteiger partial charge in [0.05, 0.1) is 29.3 Å². The summed E-state index contributed by atoms with van der Waals surface area (Å²) >= 11 is 0. The average Bonchev–Trinajstić information content (AvgIpc) is 3.57. The molecule has 1 aliphatic heterocycles. The number of nitrogens with one attached hydrogen (secondary N) is 1. The van der Waals surface area contributed by atoms with Crippen molar-refractivity contribution in [3.05, 3.63) is 60.2 Å². The molecule has 1 saturated heterocycles. The second-order valence-electron chi connectivity index (χ2n) is 8.40. The van der Waals surface area contributed by atoms with Crippen molar-refractivity contribution in [2.45, 2.75) is 25.0 Å². The van der Waals surface area contributed by atoms with E-state index < -0.39 is 11.5 Å². The molecule has 11 nitrogen and oxygen atoms in total. The van der Waals surface area contributed by atoms with Crippen LogP contribution in [-0.4, -0.2) is 59.4 Å². The van der Waals surface area contributed by atoms with Gasteiger partial charge in [0, 0.05) is 51.1 Å². The molecule has 11 heteroatoms. The Morgan fingerprint density at radius 1 is 1.15 bits per heavy atom. The predicted molar refractivity (Wildman–Crippen MR) is 122 cm³/mol. The molecule has 4 aromatic rings. The number of carbonyl (C=O) groups excluding carboxylic acids is 1. The molecule has 2 N–H and O–H groups in total.